The van der Waals surface area contributed by atoms with Crippen molar-refractivity contribution in [3.8, 4) is 0 Å². The molecule has 2 aromatic rings. The van der Waals surface area contributed by atoms with Crippen molar-refractivity contribution >= 4 is 11.9 Å². The van der Waals surface area contributed by atoms with Crippen molar-refractivity contribution in [2.75, 3.05) is 26.2 Å². The number of hydrogen-bond acceptors (Lipinski definition) is 2. The second-order valence-electron chi connectivity index (χ2n) is 7.79. The summed E-state index contributed by atoms with van der Waals surface area (Å²) in [6.07, 6.45) is 0.414. The second-order valence-corrected chi connectivity index (χ2v) is 7.79. The first kappa shape index (κ1) is 21.7. The van der Waals surface area contributed by atoms with Crippen LogP contribution in [-0.2, 0) is 17.6 Å². The highest BCUT2D eigenvalue weighted by molar-refractivity contribution is 5.79. The molecule has 0 saturated carbocycles. The van der Waals surface area contributed by atoms with Crippen LogP contribution in [-0.4, -0.2) is 54.0 Å². The minimum atomic E-state index is -0.614. The fourth-order valence-electron chi connectivity index (χ4n) is 3.54. The molecule has 1 aliphatic rings. The van der Waals surface area contributed by atoms with Crippen LogP contribution in [0.2, 0.25) is 0 Å². The Kier molecular flexibility index (Phi) is 7.03. The SMILES string of the molecule is Cc1ccc(CC(=O)N2CCN(C(=O)NC(C)Cc3c(F)cccc3F)CC2)cc1. The van der Waals surface area contributed by atoms with Gasteiger partial charge in [-0.15, -0.1) is 0 Å². The van der Waals surface area contributed by atoms with Crippen LogP contribution < -0.4 is 5.32 Å². The number of carbonyl (C=O) groups is 2. The minimum absolute atomic E-state index is 0.0307. The van der Waals surface area contributed by atoms with E-state index in [0.29, 0.717) is 32.6 Å². The summed E-state index contributed by atoms with van der Waals surface area (Å²) < 4.78 is 27.6. The molecule has 0 aliphatic carbocycles. The van der Waals surface area contributed by atoms with Gasteiger partial charge in [0.1, 0.15) is 11.6 Å². The van der Waals surface area contributed by atoms with Crippen LogP contribution in [0.1, 0.15) is 23.6 Å². The Bertz CT molecular complexity index is 874. The first-order valence-corrected chi connectivity index (χ1v) is 10.1. The summed E-state index contributed by atoms with van der Waals surface area (Å²) in [4.78, 5) is 28.4. The monoisotopic (exact) mass is 415 g/mol. The van der Waals surface area contributed by atoms with E-state index in [1.54, 1.807) is 16.7 Å². The third kappa shape index (κ3) is 5.55. The Labute approximate surface area is 175 Å². The van der Waals surface area contributed by atoms with E-state index in [-0.39, 0.29) is 23.9 Å². The molecule has 0 radical (unpaired) electrons. The van der Waals surface area contributed by atoms with Crippen LogP contribution in [0.5, 0.6) is 0 Å². The van der Waals surface area contributed by atoms with Gasteiger partial charge in [-0.25, -0.2) is 13.6 Å². The van der Waals surface area contributed by atoms with Gasteiger partial charge in [-0.05, 0) is 38.0 Å². The predicted octanol–water partition coefficient (Wildman–Crippen LogP) is 3.30. The summed E-state index contributed by atoms with van der Waals surface area (Å²) in [5.74, 6) is -1.18. The summed E-state index contributed by atoms with van der Waals surface area (Å²) in [7, 11) is 0. The van der Waals surface area contributed by atoms with E-state index in [1.807, 2.05) is 31.2 Å². The zero-order valence-corrected chi connectivity index (χ0v) is 17.3. The number of amides is 3. The van der Waals surface area contributed by atoms with Gasteiger partial charge in [-0.3, -0.25) is 4.79 Å². The van der Waals surface area contributed by atoms with Crippen LogP contribution in [0.3, 0.4) is 0 Å². The maximum Gasteiger partial charge on any atom is 0.317 e. The van der Waals surface area contributed by atoms with Crippen molar-refractivity contribution in [3.63, 3.8) is 0 Å². The van der Waals surface area contributed by atoms with Crippen molar-refractivity contribution in [1.29, 1.82) is 0 Å². The topological polar surface area (TPSA) is 52.7 Å². The zero-order valence-electron chi connectivity index (χ0n) is 17.3. The van der Waals surface area contributed by atoms with Crippen molar-refractivity contribution in [2.45, 2.75) is 32.7 Å². The molecular weight excluding hydrogens is 388 g/mol. The molecule has 0 bridgehead atoms. The molecule has 1 unspecified atom stereocenters. The van der Waals surface area contributed by atoms with E-state index in [9.17, 15) is 18.4 Å². The lowest BCUT2D eigenvalue weighted by molar-refractivity contribution is -0.131. The number of nitrogens with one attached hydrogen (secondary N) is 1. The van der Waals surface area contributed by atoms with Gasteiger partial charge in [0.15, 0.2) is 0 Å². The Hall–Kier alpha value is -2.96. The smallest absolute Gasteiger partial charge is 0.317 e. The molecule has 1 N–H and O–H groups in total. The van der Waals surface area contributed by atoms with Crippen molar-refractivity contribution in [1.82, 2.24) is 15.1 Å². The van der Waals surface area contributed by atoms with E-state index in [0.717, 1.165) is 11.1 Å². The molecule has 1 atom stereocenters. The van der Waals surface area contributed by atoms with Crippen LogP contribution >= 0.6 is 0 Å². The molecule has 2 aromatic carbocycles. The lowest BCUT2D eigenvalue weighted by Crippen LogP contribution is -2.54. The van der Waals surface area contributed by atoms with Gasteiger partial charge in [0.2, 0.25) is 5.91 Å². The molecule has 5 nitrogen and oxygen atoms in total. The van der Waals surface area contributed by atoms with E-state index in [4.69, 9.17) is 0 Å². The fraction of sp³-hybridized carbons (Fsp3) is 0.391. The summed E-state index contributed by atoms with van der Waals surface area (Å²) in [5, 5.41) is 2.79. The molecular formula is C23H27F2N3O2. The summed E-state index contributed by atoms with van der Waals surface area (Å²) >= 11 is 0. The highest BCUT2D eigenvalue weighted by Crippen LogP contribution is 2.14. The van der Waals surface area contributed by atoms with Gasteiger partial charge in [0.05, 0.1) is 6.42 Å². The molecule has 160 valence electrons. The molecule has 30 heavy (non-hydrogen) atoms. The van der Waals surface area contributed by atoms with E-state index >= 15 is 0 Å². The maximum absolute atomic E-state index is 13.8. The molecule has 1 saturated heterocycles. The van der Waals surface area contributed by atoms with Crippen LogP contribution in [0.15, 0.2) is 42.5 Å². The van der Waals surface area contributed by atoms with Gasteiger partial charge in [0.25, 0.3) is 0 Å². The van der Waals surface area contributed by atoms with Gasteiger partial charge >= 0.3 is 6.03 Å². The van der Waals surface area contributed by atoms with Gasteiger partial charge in [-0.2, -0.15) is 0 Å². The molecule has 1 aliphatic heterocycles. The minimum Gasteiger partial charge on any atom is -0.339 e. The van der Waals surface area contributed by atoms with Crippen LogP contribution in [0.25, 0.3) is 0 Å². The van der Waals surface area contributed by atoms with Gasteiger partial charge in [0, 0.05) is 37.8 Å². The third-order valence-corrected chi connectivity index (χ3v) is 5.34. The number of hydrogen-bond donors (Lipinski definition) is 1. The Morgan fingerprint density at radius 1 is 0.967 bits per heavy atom. The highest BCUT2D eigenvalue weighted by atomic mass is 19.1. The van der Waals surface area contributed by atoms with E-state index in [2.05, 4.69) is 5.32 Å². The first-order valence-electron chi connectivity index (χ1n) is 10.1. The number of urea groups is 1. The number of rotatable bonds is 5. The quantitative estimate of drug-likeness (QED) is 0.815. The number of aryl methyl sites for hydroxylation is 1. The first-order chi connectivity index (χ1) is 14.3. The van der Waals surface area contributed by atoms with Gasteiger partial charge in [-0.1, -0.05) is 35.9 Å². The Morgan fingerprint density at radius 2 is 1.53 bits per heavy atom. The highest BCUT2D eigenvalue weighted by Gasteiger charge is 2.25. The van der Waals surface area contributed by atoms with Crippen molar-refractivity contribution in [2.24, 2.45) is 0 Å². The van der Waals surface area contributed by atoms with Crippen molar-refractivity contribution in [3.05, 3.63) is 70.8 Å². The number of halogens is 2. The summed E-state index contributed by atoms with van der Waals surface area (Å²) in [6, 6.07) is 10.9. The molecule has 3 rings (SSSR count). The molecule has 0 spiro atoms. The third-order valence-electron chi connectivity index (χ3n) is 5.34. The Balaban J connectivity index is 1.46. The maximum atomic E-state index is 13.8. The summed E-state index contributed by atoms with van der Waals surface area (Å²) in [6.45, 7) is 5.50. The summed E-state index contributed by atoms with van der Waals surface area (Å²) in [5.41, 5.74) is 2.09. The molecule has 3 amide bonds. The average Bonchev–Trinajstić information content (AvgIpc) is 2.72. The fourth-order valence-corrected chi connectivity index (χ4v) is 3.54. The lowest BCUT2D eigenvalue weighted by atomic mass is 10.1. The molecule has 1 heterocycles. The second kappa shape index (κ2) is 9.69. The number of piperazine rings is 1. The lowest BCUT2D eigenvalue weighted by Gasteiger charge is -2.35. The molecule has 1 fully saturated rings. The largest absolute Gasteiger partial charge is 0.339 e. The zero-order chi connectivity index (χ0) is 21.7. The number of benzene rings is 2. The van der Waals surface area contributed by atoms with Crippen LogP contribution in [0, 0.1) is 18.6 Å². The average molecular weight is 415 g/mol. The predicted molar refractivity (Wildman–Crippen MR) is 111 cm³/mol. The standard InChI is InChI=1S/C23H27F2N3O2/c1-16-6-8-18(9-7-16)15-22(29)27-10-12-28(13-11-27)23(30)26-17(2)14-19-20(24)4-3-5-21(19)25/h3-9,17H,10-15H2,1-2H3,(H,26,30). The van der Waals surface area contributed by atoms with Crippen LogP contribution in [0.4, 0.5) is 13.6 Å². The van der Waals surface area contributed by atoms with E-state index in [1.165, 1.54) is 18.2 Å². The van der Waals surface area contributed by atoms with Crippen molar-refractivity contribution < 1.29 is 18.4 Å². The number of carbonyl (C=O) groups excluding carboxylic acids is 2. The molecule has 7 heteroatoms. The normalized spacial score (nSPS) is 15.1. The van der Waals surface area contributed by atoms with E-state index < -0.39 is 17.7 Å². The number of nitrogens with zero attached hydrogens (tertiary/aromatic N) is 2. The molecule has 0 aromatic heterocycles. The van der Waals surface area contributed by atoms with Gasteiger partial charge < -0.3 is 15.1 Å². The Morgan fingerprint density at radius 3 is 2.13 bits per heavy atom.